The molecule has 20 heavy (non-hydrogen) atoms. The van der Waals surface area contributed by atoms with Crippen molar-refractivity contribution in [2.75, 3.05) is 7.05 Å². The number of likely N-dealkylation sites (N-methyl/N-ethyl adjacent to an activating group) is 1. The molecule has 0 spiro atoms. The van der Waals surface area contributed by atoms with Gasteiger partial charge in [-0.15, -0.1) is 23.7 Å². The Bertz CT molecular complexity index is 439. The van der Waals surface area contributed by atoms with Gasteiger partial charge in [-0.1, -0.05) is 6.07 Å². The second kappa shape index (κ2) is 6.46. The number of nitrogens with one attached hydrogen (secondary N) is 1. The average molecular weight is 315 g/mol. The fourth-order valence-corrected chi connectivity index (χ4v) is 4.26. The summed E-state index contributed by atoms with van der Waals surface area (Å²) in [5.74, 6) is 0.270. The highest BCUT2D eigenvalue weighted by atomic mass is 35.5. The Morgan fingerprint density at radius 3 is 2.60 bits per heavy atom. The minimum Gasteiger partial charge on any atom is -0.342 e. The van der Waals surface area contributed by atoms with Crippen molar-refractivity contribution in [2.45, 2.75) is 56.7 Å². The quantitative estimate of drug-likeness (QED) is 0.930. The molecule has 2 aliphatic rings. The molecule has 3 rings (SSSR count). The van der Waals surface area contributed by atoms with E-state index in [-0.39, 0.29) is 24.2 Å². The average Bonchev–Trinajstić information content (AvgIpc) is 3.06. The molecule has 1 amide bonds. The summed E-state index contributed by atoms with van der Waals surface area (Å²) < 4.78 is 0. The Kier molecular flexibility index (Phi) is 5.10. The van der Waals surface area contributed by atoms with Gasteiger partial charge in [0.15, 0.2) is 0 Å². The van der Waals surface area contributed by atoms with Crippen molar-refractivity contribution < 1.29 is 4.79 Å². The highest BCUT2D eigenvalue weighted by Gasteiger charge is 2.37. The van der Waals surface area contributed by atoms with Crippen LogP contribution in [0.3, 0.4) is 0 Å². The van der Waals surface area contributed by atoms with E-state index in [1.165, 1.54) is 17.7 Å². The molecule has 2 saturated heterocycles. The molecule has 3 atom stereocenters. The molecular weight excluding hydrogens is 292 g/mol. The van der Waals surface area contributed by atoms with E-state index in [9.17, 15) is 4.79 Å². The molecule has 3 nitrogen and oxygen atoms in total. The maximum atomic E-state index is 12.6. The van der Waals surface area contributed by atoms with Crippen LogP contribution >= 0.6 is 23.7 Å². The fourth-order valence-electron chi connectivity index (χ4n) is 3.49. The van der Waals surface area contributed by atoms with Crippen LogP contribution in [0.25, 0.3) is 0 Å². The predicted octanol–water partition coefficient (Wildman–Crippen LogP) is 3.01. The maximum absolute atomic E-state index is 12.6. The number of hydrogen-bond acceptors (Lipinski definition) is 3. The summed E-state index contributed by atoms with van der Waals surface area (Å²) in [6, 6.07) is 5.78. The molecule has 0 radical (unpaired) electrons. The van der Waals surface area contributed by atoms with Crippen LogP contribution in [-0.4, -0.2) is 36.0 Å². The van der Waals surface area contributed by atoms with E-state index in [1.807, 2.05) is 30.3 Å². The third kappa shape index (κ3) is 3.02. The lowest BCUT2D eigenvalue weighted by Crippen LogP contribution is -2.49. The molecule has 1 aromatic rings. The Labute approximate surface area is 131 Å². The highest BCUT2D eigenvalue weighted by Crippen LogP contribution is 2.31. The molecule has 2 aliphatic heterocycles. The monoisotopic (exact) mass is 314 g/mol. The van der Waals surface area contributed by atoms with Gasteiger partial charge in [0.25, 0.3) is 0 Å². The zero-order valence-electron chi connectivity index (χ0n) is 12.0. The Balaban J connectivity index is 0.00000147. The van der Waals surface area contributed by atoms with Gasteiger partial charge >= 0.3 is 0 Å². The number of carbonyl (C=O) groups is 1. The van der Waals surface area contributed by atoms with E-state index in [0.29, 0.717) is 18.1 Å². The second-order valence-electron chi connectivity index (χ2n) is 5.95. The van der Waals surface area contributed by atoms with Crippen LogP contribution in [0.2, 0.25) is 0 Å². The van der Waals surface area contributed by atoms with E-state index in [0.717, 1.165) is 12.8 Å². The standard InChI is InChI=1S/C15H22N2OS.ClH/c1-10(14-4-3-7-19-14)15(18)17(2)13-8-11-5-6-12(9-13)16-11;/h3-4,7,10-13,16H,5-6,8-9H2,1-2H3;1H. The molecular formula is C15H23ClN2OS. The number of amides is 1. The minimum atomic E-state index is -0.00228. The maximum Gasteiger partial charge on any atom is 0.230 e. The lowest BCUT2D eigenvalue weighted by Gasteiger charge is -2.36. The van der Waals surface area contributed by atoms with Crippen LogP contribution in [0.5, 0.6) is 0 Å². The number of rotatable bonds is 3. The Morgan fingerprint density at radius 1 is 1.40 bits per heavy atom. The first-order chi connectivity index (χ1) is 9.15. The number of piperidine rings is 1. The number of fused-ring (bicyclic) bond motifs is 2. The summed E-state index contributed by atoms with van der Waals surface area (Å²) >= 11 is 1.68. The van der Waals surface area contributed by atoms with E-state index in [4.69, 9.17) is 0 Å². The number of carbonyl (C=O) groups excluding carboxylic acids is 1. The van der Waals surface area contributed by atoms with Gasteiger partial charge in [0.1, 0.15) is 0 Å². The number of hydrogen-bond donors (Lipinski definition) is 1. The minimum absolute atomic E-state index is 0. The van der Waals surface area contributed by atoms with Crippen molar-refractivity contribution in [1.82, 2.24) is 10.2 Å². The summed E-state index contributed by atoms with van der Waals surface area (Å²) in [7, 11) is 1.99. The van der Waals surface area contributed by atoms with Crippen molar-refractivity contribution in [3.63, 3.8) is 0 Å². The van der Waals surface area contributed by atoms with Crippen molar-refractivity contribution >= 4 is 29.7 Å². The SMILES string of the molecule is CC(C(=O)N(C)C1CC2CCC(C1)N2)c1cccs1.Cl. The van der Waals surface area contributed by atoms with Gasteiger partial charge in [0.2, 0.25) is 5.91 Å². The van der Waals surface area contributed by atoms with Gasteiger partial charge in [-0.25, -0.2) is 0 Å². The lowest BCUT2D eigenvalue weighted by molar-refractivity contribution is -0.133. The molecule has 3 heterocycles. The molecule has 3 unspecified atom stereocenters. The molecule has 0 aromatic carbocycles. The molecule has 1 aromatic heterocycles. The third-order valence-corrected chi connectivity index (χ3v) is 5.74. The van der Waals surface area contributed by atoms with Gasteiger partial charge in [0, 0.05) is 30.1 Å². The normalized spacial score (nSPS) is 29.6. The number of nitrogens with zero attached hydrogens (tertiary/aromatic N) is 1. The Morgan fingerprint density at radius 2 is 2.05 bits per heavy atom. The van der Waals surface area contributed by atoms with Crippen LogP contribution in [0.1, 0.15) is 43.4 Å². The first-order valence-corrected chi connectivity index (χ1v) is 8.09. The number of halogens is 1. The summed E-state index contributed by atoms with van der Waals surface area (Å²) in [6.45, 7) is 2.03. The molecule has 112 valence electrons. The lowest BCUT2D eigenvalue weighted by atomic mass is 9.97. The Hall–Kier alpha value is -0.580. The summed E-state index contributed by atoms with van der Waals surface area (Å²) in [6.07, 6.45) is 4.80. The molecule has 5 heteroatoms. The van der Waals surface area contributed by atoms with Gasteiger partial charge in [-0.3, -0.25) is 4.79 Å². The second-order valence-corrected chi connectivity index (χ2v) is 6.93. The van der Waals surface area contributed by atoms with Crippen molar-refractivity contribution in [3.05, 3.63) is 22.4 Å². The van der Waals surface area contributed by atoms with Crippen LogP contribution in [0, 0.1) is 0 Å². The van der Waals surface area contributed by atoms with Crippen LogP contribution in [-0.2, 0) is 4.79 Å². The van der Waals surface area contributed by atoms with E-state index < -0.39 is 0 Å². The summed E-state index contributed by atoms with van der Waals surface area (Å²) in [5, 5.41) is 5.68. The largest absolute Gasteiger partial charge is 0.342 e. The van der Waals surface area contributed by atoms with Gasteiger partial charge in [0.05, 0.1) is 5.92 Å². The van der Waals surface area contributed by atoms with E-state index in [1.54, 1.807) is 11.3 Å². The third-order valence-electron chi connectivity index (χ3n) is 4.68. The number of thiophene rings is 1. The zero-order chi connectivity index (χ0) is 13.4. The van der Waals surface area contributed by atoms with Crippen molar-refractivity contribution in [3.8, 4) is 0 Å². The first kappa shape index (κ1) is 15.8. The molecule has 2 bridgehead atoms. The van der Waals surface area contributed by atoms with Gasteiger partial charge in [-0.2, -0.15) is 0 Å². The van der Waals surface area contributed by atoms with Crippen molar-refractivity contribution in [2.24, 2.45) is 0 Å². The summed E-state index contributed by atoms with van der Waals surface area (Å²) in [5.41, 5.74) is 0. The van der Waals surface area contributed by atoms with E-state index in [2.05, 4.69) is 11.4 Å². The zero-order valence-corrected chi connectivity index (χ0v) is 13.7. The molecule has 0 aliphatic carbocycles. The predicted molar refractivity (Wildman–Crippen MR) is 85.7 cm³/mol. The highest BCUT2D eigenvalue weighted by molar-refractivity contribution is 7.10. The smallest absolute Gasteiger partial charge is 0.230 e. The van der Waals surface area contributed by atoms with Crippen molar-refractivity contribution in [1.29, 1.82) is 0 Å². The van der Waals surface area contributed by atoms with Gasteiger partial charge < -0.3 is 10.2 Å². The van der Waals surface area contributed by atoms with Crippen LogP contribution in [0.4, 0.5) is 0 Å². The molecule has 0 saturated carbocycles. The fraction of sp³-hybridized carbons (Fsp3) is 0.667. The van der Waals surface area contributed by atoms with Gasteiger partial charge in [-0.05, 0) is 44.1 Å². The molecule has 1 N–H and O–H groups in total. The van der Waals surface area contributed by atoms with Crippen LogP contribution in [0.15, 0.2) is 17.5 Å². The summed E-state index contributed by atoms with van der Waals surface area (Å²) in [4.78, 5) is 15.8. The van der Waals surface area contributed by atoms with E-state index >= 15 is 0 Å². The molecule has 2 fully saturated rings. The topological polar surface area (TPSA) is 32.3 Å². The van der Waals surface area contributed by atoms with Crippen LogP contribution < -0.4 is 5.32 Å². The first-order valence-electron chi connectivity index (χ1n) is 7.21.